The van der Waals surface area contributed by atoms with Crippen molar-refractivity contribution in [3.05, 3.63) is 53.6 Å². The first-order chi connectivity index (χ1) is 13.3. The van der Waals surface area contributed by atoms with Crippen LogP contribution in [0.4, 0.5) is 0 Å². The lowest BCUT2D eigenvalue weighted by molar-refractivity contribution is 0.00588. The number of benzene rings is 2. The number of carbonyl (C=O) groups excluding carboxylic acids is 1. The third-order valence-corrected chi connectivity index (χ3v) is 7.49. The molecule has 1 spiro atoms. The number of ether oxygens (including phenoxy) is 2. The fourth-order valence-corrected chi connectivity index (χ4v) is 5.35. The van der Waals surface area contributed by atoms with Crippen LogP contribution in [0.3, 0.4) is 0 Å². The van der Waals surface area contributed by atoms with Gasteiger partial charge in [-0.15, -0.1) is 0 Å². The summed E-state index contributed by atoms with van der Waals surface area (Å²) >= 11 is 0. The molecular formula is C21H23NO5S. The monoisotopic (exact) mass is 401 g/mol. The summed E-state index contributed by atoms with van der Waals surface area (Å²) in [4.78, 5) is 12.8. The number of Topliss-reactive ketones (excluding diaryl/α,β-unsaturated/α-hetero) is 1. The van der Waals surface area contributed by atoms with Crippen molar-refractivity contribution in [1.82, 2.24) is 4.31 Å². The van der Waals surface area contributed by atoms with E-state index in [1.54, 1.807) is 31.4 Å². The standard InChI is InChI=1S/C21H23NO5S/c1-15-3-8-18-19(23)14-21(27-20(18)13-15)9-11-22(12-10-21)28(24,25)17-6-4-16(26-2)5-7-17/h3-8,13H,9-12,14H2,1-2H3. The van der Waals surface area contributed by atoms with Crippen molar-refractivity contribution in [2.75, 3.05) is 20.2 Å². The van der Waals surface area contributed by atoms with Crippen molar-refractivity contribution in [3.8, 4) is 11.5 Å². The summed E-state index contributed by atoms with van der Waals surface area (Å²) in [5.41, 5.74) is 1.02. The molecule has 0 aromatic heterocycles. The van der Waals surface area contributed by atoms with E-state index in [0.717, 1.165) is 5.56 Å². The molecule has 2 aliphatic rings. The van der Waals surface area contributed by atoms with Crippen LogP contribution in [-0.2, 0) is 10.0 Å². The summed E-state index contributed by atoms with van der Waals surface area (Å²) < 4.78 is 38.7. The Labute approximate surface area is 165 Å². The summed E-state index contributed by atoms with van der Waals surface area (Å²) in [6.07, 6.45) is 1.27. The molecule has 2 aliphatic heterocycles. The molecule has 0 amide bonds. The normalized spacial score (nSPS) is 19.1. The zero-order chi connectivity index (χ0) is 19.9. The van der Waals surface area contributed by atoms with E-state index in [0.29, 0.717) is 49.4 Å². The minimum absolute atomic E-state index is 0.0627. The average Bonchev–Trinajstić information content (AvgIpc) is 2.68. The highest BCUT2D eigenvalue weighted by atomic mass is 32.2. The predicted octanol–water partition coefficient (Wildman–Crippen LogP) is 3.19. The quantitative estimate of drug-likeness (QED) is 0.790. The van der Waals surface area contributed by atoms with Crippen LogP contribution in [0.1, 0.15) is 35.2 Å². The van der Waals surface area contributed by atoms with Crippen molar-refractivity contribution < 1.29 is 22.7 Å². The van der Waals surface area contributed by atoms with Crippen LogP contribution < -0.4 is 9.47 Å². The molecule has 7 heteroatoms. The van der Waals surface area contributed by atoms with Crippen LogP contribution in [0.25, 0.3) is 0 Å². The topological polar surface area (TPSA) is 72.9 Å². The van der Waals surface area contributed by atoms with Gasteiger partial charge in [-0.3, -0.25) is 4.79 Å². The molecule has 0 radical (unpaired) electrons. The third kappa shape index (κ3) is 3.29. The van der Waals surface area contributed by atoms with Gasteiger partial charge in [0.15, 0.2) is 5.78 Å². The Morgan fingerprint density at radius 1 is 1.07 bits per heavy atom. The van der Waals surface area contributed by atoms with E-state index in [-0.39, 0.29) is 10.7 Å². The van der Waals surface area contributed by atoms with Crippen molar-refractivity contribution >= 4 is 15.8 Å². The molecule has 2 aromatic carbocycles. The van der Waals surface area contributed by atoms with Gasteiger partial charge in [0.25, 0.3) is 0 Å². The van der Waals surface area contributed by atoms with Gasteiger partial charge in [0.05, 0.1) is 24.0 Å². The number of piperidine rings is 1. The van der Waals surface area contributed by atoms with E-state index in [4.69, 9.17) is 9.47 Å². The highest BCUT2D eigenvalue weighted by Crippen LogP contribution is 2.40. The molecule has 0 aliphatic carbocycles. The smallest absolute Gasteiger partial charge is 0.243 e. The fourth-order valence-electron chi connectivity index (χ4n) is 3.91. The molecule has 6 nitrogen and oxygen atoms in total. The molecule has 4 rings (SSSR count). The SMILES string of the molecule is COc1ccc(S(=O)(=O)N2CCC3(CC2)CC(=O)c2ccc(C)cc2O3)cc1. The molecule has 1 saturated heterocycles. The van der Waals surface area contributed by atoms with Crippen LogP contribution >= 0.6 is 0 Å². The van der Waals surface area contributed by atoms with Crippen LogP contribution in [0, 0.1) is 6.92 Å². The summed E-state index contributed by atoms with van der Waals surface area (Å²) in [7, 11) is -2.05. The molecule has 0 saturated carbocycles. The second kappa shape index (κ2) is 6.90. The zero-order valence-electron chi connectivity index (χ0n) is 16.0. The lowest BCUT2D eigenvalue weighted by Gasteiger charge is -2.43. The molecule has 1 fully saturated rings. The molecule has 148 valence electrons. The maximum Gasteiger partial charge on any atom is 0.243 e. The molecule has 2 aromatic rings. The first-order valence-electron chi connectivity index (χ1n) is 9.30. The minimum atomic E-state index is -3.59. The van der Waals surface area contributed by atoms with Gasteiger partial charge in [0, 0.05) is 25.9 Å². The maximum absolute atomic E-state index is 12.9. The van der Waals surface area contributed by atoms with Crippen molar-refractivity contribution in [2.24, 2.45) is 0 Å². The molecule has 2 heterocycles. The van der Waals surface area contributed by atoms with Gasteiger partial charge in [0.1, 0.15) is 17.1 Å². The van der Waals surface area contributed by atoms with Crippen LogP contribution in [-0.4, -0.2) is 44.3 Å². The van der Waals surface area contributed by atoms with E-state index in [1.165, 1.54) is 4.31 Å². The first-order valence-corrected chi connectivity index (χ1v) is 10.7. The van der Waals surface area contributed by atoms with E-state index in [9.17, 15) is 13.2 Å². The molecule has 0 bridgehead atoms. The second-order valence-electron chi connectivity index (χ2n) is 7.46. The summed E-state index contributed by atoms with van der Waals surface area (Å²) in [5.74, 6) is 1.29. The average molecular weight is 401 g/mol. The number of aryl methyl sites for hydroxylation is 1. The van der Waals surface area contributed by atoms with Crippen LogP contribution in [0.15, 0.2) is 47.4 Å². The van der Waals surface area contributed by atoms with E-state index < -0.39 is 15.6 Å². The highest BCUT2D eigenvalue weighted by Gasteiger charge is 2.45. The Morgan fingerprint density at radius 2 is 1.75 bits per heavy atom. The van der Waals surface area contributed by atoms with Gasteiger partial charge >= 0.3 is 0 Å². The van der Waals surface area contributed by atoms with Crippen molar-refractivity contribution in [3.63, 3.8) is 0 Å². The molecule has 0 N–H and O–H groups in total. The number of rotatable bonds is 3. The van der Waals surface area contributed by atoms with E-state index in [1.807, 2.05) is 25.1 Å². The number of hydrogen-bond acceptors (Lipinski definition) is 5. The fraction of sp³-hybridized carbons (Fsp3) is 0.381. The van der Waals surface area contributed by atoms with Gasteiger partial charge in [-0.1, -0.05) is 6.07 Å². The lowest BCUT2D eigenvalue weighted by Crippen LogP contribution is -2.52. The number of sulfonamides is 1. The molecule has 0 atom stereocenters. The second-order valence-corrected chi connectivity index (χ2v) is 9.40. The third-order valence-electron chi connectivity index (χ3n) is 5.58. The Kier molecular flexibility index (Phi) is 4.67. The largest absolute Gasteiger partial charge is 0.497 e. The van der Waals surface area contributed by atoms with Crippen molar-refractivity contribution in [1.29, 1.82) is 0 Å². The van der Waals surface area contributed by atoms with Gasteiger partial charge in [-0.05, 0) is 48.9 Å². The Balaban J connectivity index is 1.52. The van der Waals surface area contributed by atoms with E-state index in [2.05, 4.69) is 0 Å². The summed E-state index contributed by atoms with van der Waals surface area (Å²) in [6, 6.07) is 12.0. The summed E-state index contributed by atoms with van der Waals surface area (Å²) in [5, 5.41) is 0. The number of fused-ring (bicyclic) bond motifs is 1. The number of nitrogens with zero attached hydrogens (tertiary/aromatic N) is 1. The Morgan fingerprint density at radius 3 is 2.39 bits per heavy atom. The number of carbonyl (C=O) groups is 1. The highest BCUT2D eigenvalue weighted by molar-refractivity contribution is 7.89. The zero-order valence-corrected chi connectivity index (χ0v) is 16.8. The molecular weight excluding hydrogens is 378 g/mol. The number of hydrogen-bond donors (Lipinski definition) is 0. The first kappa shape index (κ1) is 19.0. The molecule has 28 heavy (non-hydrogen) atoms. The number of ketones is 1. The Bertz CT molecular complexity index is 1010. The van der Waals surface area contributed by atoms with Crippen molar-refractivity contribution in [2.45, 2.75) is 36.7 Å². The van der Waals surface area contributed by atoms with Gasteiger partial charge in [0.2, 0.25) is 10.0 Å². The van der Waals surface area contributed by atoms with E-state index >= 15 is 0 Å². The van der Waals surface area contributed by atoms with Crippen LogP contribution in [0.5, 0.6) is 11.5 Å². The Hall–Kier alpha value is -2.38. The predicted molar refractivity (Wildman–Crippen MR) is 104 cm³/mol. The summed E-state index contributed by atoms with van der Waals surface area (Å²) in [6.45, 7) is 2.60. The molecule has 0 unspecified atom stereocenters. The lowest BCUT2D eigenvalue weighted by atomic mass is 9.83. The maximum atomic E-state index is 12.9. The number of methoxy groups -OCH3 is 1. The van der Waals surface area contributed by atoms with Gasteiger partial charge in [-0.2, -0.15) is 4.31 Å². The van der Waals surface area contributed by atoms with Crippen LogP contribution in [0.2, 0.25) is 0 Å². The van der Waals surface area contributed by atoms with Gasteiger partial charge in [-0.25, -0.2) is 8.42 Å². The minimum Gasteiger partial charge on any atom is -0.497 e. The van der Waals surface area contributed by atoms with Gasteiger partial charge < -0.3 is 9.47 Å².